The summed E-state index contributed by atoms with van der Waals surface area (Å²) in [5.74, 6) is -1.62. The molecule has 0 radical (unpaired) electrons. The fraction of sp³-hybridized carbons (Fsp3) is 0.357. The maximum atomic E-state index is 12.4. The van der Waals surface area contributed by atoms with Gasteiger partial charge in [0, 0.05) is 19.1 Å². The number of aryl methyl sites for hydroxylation is 1. The summed E-state index contributed by atoms with van der Waals surface area (Å²) < 4.78 is 46.2. The third-order valence-corrected chi connectivity index (χ3v) is 2.96. The molecule has 22 heavy (non-hydrogen) atoms. The molecule has 1 heterocycles. The first-order valence-electron chi connectivity index (χ1n) is 6.32. The second-order valence-corrected chi connectivity index (χ2v) is 4.71. The lowest BCUT2D eigenvalue weighted by molar-refractivity contribution is -0.159. The quantitative estimate of drug-likeness (QED) is 0.849. The van der Waals surface area contributed by atoms with Gasteiger partial charge in [-0.25, -0.2) is 0 Å². The van der Waals surface area contributed by atoms with Crippen LogP contribution in [-0.4, -0.2) is 29.6 Å². The summed E-state index contributed by atoms with van der Waals surface area (Å²) in [4.78, 5) is 14.9. The van der Waals surface area contributed by atoms with E-state index >= 15 is 0 Å². The Kier molecular flexibility index (Phi) is 4.60. The lowest BCUT2D eigenvalue weighted by Crippen LogP contribution is -2.10. The molecule has 0 N–H and O–H groups in total. The molecular weight excluding hydrogens is 301 g/mol. The van der Waals surface area contributed by atoms with E-state index in [1.807, 2.05) is 0 Å². The zero-order valence-corrected chi connectivity index (χ0v) is 11.9. The minimum atomic E-state index is -4.67. The highest BCUT2D eigenvalue weighted by molar-refractivity contribution is 5.82. The third-order valence-electron chi connectivity index (χ3n) is 2.96. The van der Waals surface area contributed by atoms with Crippen LogP contribution in [0.25, 0.3) is 11.4 Å². The number of hydrogen-bond donors (Lipinski definition) is 0. The van der Waals surface area contributed by atoms with Crippen molar-refractivity contribution in [2.45, 2.75) is 19.5 Å². The summed E-state index contributed by atoms with van der Waals surface area (Å²) in [5.41, 5.74) is 1.91. The maximum absolute atomic E-state index is 12.4. The first kappa shape index (κ1) is 16.2. The van der Waals surface area contributed by atoms with Gasteiger partial charge in [0.05, 0.1) is 0 Å². The van der Waals surface area contributed by atoms with Gasteiger partial charge in [-0.05, 0) is 24.1 Å². The maximum Gasteiger partial charge on any atom is 0.471 e. The fourth-order valence-electron chi connectivity index (χ4n) is 1.91. The Morgan fingerprint density at radius 2 is 2.09 bits per heavy atom. The molecule has 0 spiro atoms. The molecule has 0 aliphatic carbocycles. The van der Waals surface area contributed by atoms with Crippen molar-refractivity contribution in [1.82, 2.24) is 10.1 Å². The van der Waals surface area contributed by atoms with Gasteiger partial charge in [-0.1, -0.05) is 17.3 Å². The molecular formula is C14H13F3N2O3. The zero-order chi connectivity index (χ0) is 16.3. The second kappa shape index (κ2) is 6.27. The molecule has 0 saturated heterocycles. The number of aromatic nitrogens is 2. The van der Waals surface area contributed by atoms with Gasteiger partial charge < -0.3 is 9.26 Å². The van der Waals surface area contributed by atoms with Crippen LogP contribution in [0.3, 0.4) is 0 Å². The number of carbonyl (C=O) groups is 1. The van der Waals surface area contributed by atoms with Crippen LogP contribution in [0.15, 0.2) is 22.7 Å². The van der Waals surface area contributed by atoms with Crippen LogP contribution in [0.1, 0.15) is 17.0 Å². The molecule has 8 heteroatoms. The zero-order valence-electron chi connectivity index (χ0n) is 11.9. The summed E-state index contributed by atoms with van der Waals surface area (Å²) in [6.07, 6.45) is -4.48. The van der Waals surface area contributed by atoms with Crippen molar-refractivity contribution in [3.05, 3.63) is 35.2 Å². The van der Waals surface area contributed by atoms with E-state index in [9.17, 15) is 18.0 Å². The molecule has 2 rings (SSSR count). The van der Waals surface area contributed by atoms with E-state index in [0.717, 1.165) is 11.1 Å². The normalized spacial score (nSPS) is 11.7. The van der Waals surface area contributed by atoms with Crippen molar-refractivity contribution in [3.8, 4) is 11.4 Å². The summed E-state index contributed by atoms with van der Waals surface area (Å²) in [6, 6.07) is 4.82. The fourth-order valence-corrected chi connectivity index (χ4v) is 1.91. The standard InChI is InChI=1S/C14H13F3N2O3/c1-8-5-10(4-3-9(8)6-11(20)7-21-2)12-18-13(22-19-12)14(15,16)17/h3-5H,6-7H2,1-2H3. The van der Waals surface area contributed by atoms with Gasteiger partial charge >= 0.3 is 12.1 Å². The molecule has 0 aliphatic rings. The first-order valence-corrected chi connectivity index (χ1v) is 6.32. The molecule has 0 aliphatic heterocycles. The molecule has 0 fully saturated rings. The Bertz CT molecular complexity index is 680. The van der Waals surface area contributed by atoms with E-state index in [0.29, 0.717) is 5.56 Å². The predicted molar refractivity (Wildman–Crippen MR) is 70.1 cm³/mol. The predicted octanol–water partition coefficient (Wildman–Crippen LogP) is 2.82. The van der Waals surface area contributed by atoms with Crippen molar-refractivity contribution in [1.29, 1.82) is 0 Å². The smallest absolute Gasteiger partial charge is 0.377 e. The van der Waals surface area contributed by atoms with Crippen LogP contribution in [0.2, 0.25) is 0 Å². The molecule has 0 bridgehead atoms. The highest BCUT2D eigenvalue weighted by atomic mass is 19.4. The Morgan fingerprint density at radius 1 is 1.36 bits per heavy atom. The Labute approximate surface area is 124 Å². The number of Topliss-reactive ketones (excluding diaryl/α,β-unsaturated/α-hetero) is 1. The molecule has 0 saturated carbocycles. The van der Waals surface area contributed by atoms with E-state index in [1.54, 1.807) is 25.1 Å². The van der Waals surface area contributed by atoms with Crippen LogP contribution in [0, 0.1) is 6.92 Å². The van der Waals surface area contributed by atoms with Gasteiger partial charge in [0.25, 0.3) is 0 Å². The Morgan fingerprint density at radius 3 is 2.64 bits per heavy atom. The van der Waals surface area contributed by atoms with Crippen LogP contribution in [-0.2, 0) is 22.1 Å². The largest absolute Gasteiger partial charge is 0.471 e. The van der Waals surface area contributed by atoms with Crippen molar-refractivity contribution in [3.63, 3.8) is 0 Å². The van der Waals surface area contributed by atoms with Crippen molar-refractivity contribution >= 4 is 5.78 Å². The number of ether oxygens (including phenoxy) is 1. The number of carbonyl (C=O) groups excluding carboxylic acids is 1. The average molecular weight is 314 g/mol. The molecule has 5 nitrogen and oxygen atoms in total. The van der Waals surface area contributed by atoms with Crippen LogP contribution in [0.4, 0.5) is 13.2 Å². The number of benzene rings is 1. The van der Waals surface area contributed by atoms with E-state index in [1.165, 1.54) is 7.11 Å². The molecule has 0 amide bonds. The van der Waals surface area contributed by atoms with E-state index in [-0.39, 0.29) is 24.6 Å². The number of rotatable bonds is 5. The Balaban J connectivity index is 2.22. The number of hydrogen-bond acceptors (Lipinski definition) is 5. The number of ketones is 1. The summed E-state index contributed by atoms with van der Waals surface area (Å²) in [5, 5.41) is 3.32. The lowest BCUT2D eigenvalue weighted by Gasteiger charge is -2.06. The second-order valence-electron chi connectivity index (χ2n) is 4.71. The summed E-state index contributed by atoms with van der Waals surface area (Å²) in [7, 11) is 1.43. The van der Waals surface area contributed by atoms with Crippen LogP contribution in [0.5, 0.6) is 0 Å². The minimum Gasteiger partial charge on any atom is -0.377 e. The lowest BCUT2D eigenvalue weighted by atomic mass is 10.0. The number of methoxy groups -OCH3 is 1. The van der Waals surface area contributed by atoms with Crippen LogP contribution < -0.4 is 0 Å². The minimum absolute atomic E-state index is 0.0149. The van der Waals surface area contributed by atoms with E-state index in [4.69, 9.17) is 4.74 Å². The Hall–Kier alpha value is -2.22. The highest BCUT2D eigenvalue weighted by Crippen LogP contribution is 2.29. The van der Waals surface area contributed by atoms with Gasteiger partial charge in [-0.15, -0.1) is 0 Å². The van der Waals surface area contributed by atoms with Gasteiger partial charge in [0.15, 0.2) is 5.78 Å². The van der Waals surface area contributed by atoms with Crippen molar-refractivity contribution in [2.24, 2.45) is 0 Å². The van der Waals surface area contributed by atoms with E-state index < -0.39 is 12.1 Å². The number of nitrogens with zero attached hydrogens (tertiary/aromatic N) is 2. The monoisotopic (exact) mass is 314 g/mol. The molecule has 1 aromatic heterocycles. The molecule has 1 aromatic carbocycles. The average Bonchev–Trinajstić information content (AvgIpc) is 2.91. The molecule has 0 atom stereocenters. The summed E-state index contributed by atoms with van der Waals surface area (Å²) in [6.45, 7) is 1.77. The van der Waals surface area contributed by atoms with Gasteiger partial charge in [-0.2, -0.15) is 18.2 Å². The number of alkyl halides is 3. The molecule has 0 unspecified atom stereocenters. The molecule has 118 valence electrons. The highest BCUT2D eigenvalue weighted by Gasteiger charge is 2.38. The van der Waals surface area contributed by atoms with Gasteiger partial charge in [0.2, 0.25) is 5.82 Å². The SMILES string of the molecule is COCC(=O)Cc1ccc(-c2noc(C(F)(F)F)n2)cc1C. The van der Waals surface area contributed by atoms with Crippen molar-refractivity contribution < 1.29 is 27.2 Å². The van der Waals surface area contributed by atoms with Gasteiger partial charge in [0.1, 0.15) is 6.61 Å². The van der Waals surface area contributed by atoms with Crippen LogP contribution >= 0.6 is 0 Å². The first-order chi connectivity index (χ1) is 10.3. The van der Waals surface area contributed by atoms with Crippen molar-refractivity contribution in [2.75, 3.05) is 13.7 Å². The third kappa shape index (κ3) is 3.70. The topological polar surface area (TPSA) is 65.2 Å². The summed E-state index contributed by atoms with van der Waals surface area (Å²) >= 11 is 0. The molecule has 2 aromatic rings. The van der Waals surface area contributed by atoms with Gasteiger partial charge in [-0.3, -0.25) is 4.79 Å². The van der Waals surface area contributed by atoms with E-state index in [2.05, 4.69) is 14.7 Å². The number of halogens is 3.